The summed E-state index contributed by atoms with van der Waals surface area (Å²) >= 11 is 1.73. The Bertz CT molecular complexity index is 646. The van der Waals surface area contributed by atoms with Gasteiger partial charge in [-0.25, -0.2) is 0 Å². The van der Waals surface area contributed by atoms with Crippen molar-refractivity contribution in [3.05, 3.63) is 71.5 Å². The summed E-state index contributed by atoms with van der Waals surface area (Å²) in [7, 11) is 0. The van der Waals surface area contributed by atoms with Crippen LogP contribution in [-0.4, -0.2) is 4.98 Å². The minimum Gasteiger partial charge on any atom is -0.329 e. The quantitative estimate of drug-likeness (QED) is 0.830. The largest absolute Gasteiger partial charge is 0.329 e. The molecule has 3 rings (SSSR count). The van der Waals surface area contributed by atoms with Gasteiger partial charge in [-0.2, -0.15) is 5.26 Å². The number of thioether (sulfide) groups is 1. The van der Waals surface area contributed by atoms with E-state index in [-0.39, 0.29) is 5.37 Å². The molecule has 1 aromatic carbocycles. The van der Waals surface area contributed by atoms with Gasteiger partial charge in [-0.15, -0.1) is 11.8 Å². The SMILES string of the molecule is N#Cc1ccccc1N1C=CSC1c1ccncc1. The standard InChI is InChI=1S/C15H11N3S/c16-11-13-3-1-2-4-14(13)18-9-10-19-15(18)12-5-7-17-8-6-12/h1-10,15H. The maximum absolute atomic E-state index is 9.22. The Labute approximate surface area is 116 Å². The second-order valence-corrected chi connectivity index (χ2v) is 5.08. The minimum atomic E-state index is 0.164. The first-order valence-corrected chi connectivity index (χ1v) is 6.84. The number of rotatable bonds is 2. The number of anilines is 1. The van der Waals surface area contributed by atoms with Gasteiger partial charge in [0, 0.05) is 18.6 Å². The van der Waals surface area contributed by atoms with E-state index in [1.807, 2.05) is 42.6 Å². The number of nitriles is 1. The third-order valence-electron chi connectivity index (χ3n) is 2.98. The van der Waals surface area contributed by atoms with Gasteiger partial charge >= 0.3 is 0 Å². The molecule has 0 aliphatic carbocycles. The van der Waals surface area contributed by atoms with Crippen molar-refractivity contribution in [3.8, 4) is 6.07 Å². The van der Waals surface area contributed by atoms with Crippen molar-refractivity contribution in [1.82, 2.24) is 4.98 Å². The molecule has 0 spiro atoms. The number of pyridine rings is 1. The van der Waals surface area contributed by atoms with E-state index in [0.717, 1.165) is 5.69 Å². The van der Waals surface area contributed by atoms with Gasteiger partial charge < -0.3 is 4.90 Å². The van der Waals surface area contributed by atoms with Crippen LogP contribution in [0.4, 0.5) is 5.69 Å². The molecule has 0 N–H and O–H groups in total. The molecule has 1 atom stereocenters. The maximum atomic E-state index is 9.22. The summed E-state index contributed by atoms with van der Waals surface area (Å²) < 4.78 is 0. The number of para-hydroxylation sites is 1. The van der Waals surface area contributed by atoms with Crippen molar-refractivity contribution in [3.63, 3.8) is 0 Å². The smallest absolute Gasteiger partial charge is 0.109 e. The topological polar surface area (TPSA) is 39.9 Å². The van der Waals surface area contributed by atoms with E-state index in [9.17, 15) is 5.26 Å². The zero-order valence-electron chi connectivity index (χ0n) is 10.1. The molecule has 0 fully saturated rings. The lowest BCUT2D eigenvalue weighted by molar-refractivity contribution is 0.951. The Morgan fingerprint density at radius 3 is 2.74 bits per heavy atom. The summed E-state index contributed by atoms with van der Waals surface area (Å²) in [6.07, 6.45) is 5.61. The van der Waals surface area contributed by atoms with Gasteiger partial charge in [-0.05, 0) is 35.2 Å². The van der Waals surface area contributed by atoms with Crippen LogP contribution >= 0.6 is 11.8 Å². The molecule has 0 bridgehead atoms. The molecule has 3 nitrogen and oxygen atoms in total. The van der Waals surface area contributed by atoms with Gasteiger partial charge in [-0.3, -0.25) is 4.98 Å². The molecule has 0 amide bonds. The molecule has 1 unspecified atom stereocenters. The van der Waals surface area contributed by atoms with Gasteiger partial charge in [0.1, 0.15) is 11.4 Å². The first-order valence-electron chi connectivity index (χ1n) is 5.89. The zero-order chi connectivity index (χ0) is 13.1. The Morgan fingerprint density at radius 1 is 1.16 bits per heavy atom. The number of hydrogen-bond acceptors (Lipinski definition) is 4. The highest BCUT2D eigenvalue weighted by molar-refractivity contribution is 8.02. The van der Waals surface area contributed by atoms with Crippen molar-refractivity contribution in [2.75, 3.05) is 4.90 Å². The third kappa shape index (κ3) is 2.20. The highest BCUT2D eigenvalue weighted by atomic mass is 32.2. The predicted octanol–water partition coefficient (Wildman–Crippen LogP) is 3.68. The molecule has 0 saturated carbocycles. The van der Waals surface area contributed by atoms with Gasteiger partial charge in [0.05, 0.1) is 11.3 Å². The maximum Gasteiger partial charge on any atom is 0.109 e. The summed E-state index contributed by atoms with van der Waals surface area (Å²) in [6.45, 7) is 0. The Morgan fingerprint density at radius 2 is 1.95 bits per heavy atom. The highest BCUT2D eigenvalue weighted by Gasteiger charge is 2.24. The van der Waals surface area contributed by atoms with E-state index in [1.54, 1.807) is 24.2 Å². The lowest BCUT2D eigenvalue weighted by atomic mass is 10.1. The van der Waals surface area contributed by atoms with Crippen molar-refractivity contribution in [2.45, 2.75) is 5.37 Å². The number of aromatic nitrogens is 1. The molecule has 4 heteroatoms. The summed E-state index contributed by atoms with van der Waals surface area (Å²) in [6, 6.07) is 13.9. The fourth-order valence-corrected chi connectivity index (χ4v) is 3.07. The lowest BCUT2D eigenvalue weighted by Crippen LogP contribution is -2.17. The average molecular weight is 265 g/mol. The summed E-state index contributed by atoms with van der Waals surface area (Å²) in [5.41, 5.74) is 2.81. The summed E-state index contributed by atoms with van der Waals surface area (Å²) in [5, 5.41) is 11.4. The third-order valence-corrected chi connectivity index (χ3v) is 4.01. The van der Waals surface area contributed by atoms with Crippen molar-refractivity contribution in [2.24, 2.45) is 0 Å². The van der Waals surface area contributed by atoms with Gasteiger partial charge in [0.2, 0.25) is 0 Å². The van der Waals surface area contributed by atoms with Gasteiger partial charge in [0.25, 0.3) is 0 Å². The predicted molar refractivity (Wildman–Crippen MR) is 77.3 cm³/mol. The first-order chi connectivity index (χ1) is 9.40. The molecule has 1 aliphatic rings. The van der Waals surface area contributed by atoms with E-state index < -0.39 is 0 Å². The molecule has 2 heterocycles. The van der Waals surface area contributed by atoms with E-state index in [0.29, 0.717) is 5.56 Å². The van der Waals surface area contributed by atoms with Crippen LogP contribution in [0.25, 0.3) is 0 Å². The molecule has 19 heavy (non-hydrogen) atoms. The molecule has 0 saturated heterocycles. The second-order valence-electron chi connectivity index (χ2n) is 4.09. The molecule has 2 aromatic rings. The first kappa shape index (κ1) is 11.8. The molecule has 1 aromatic heterocycles. The molecular formula is C15H11N3S. The molecule has 1 aliphatic heterocycles. The summed E-state index contributed by atoms with van der Waals surface area (Å²) in [4.78, 5) is 6.17. The number of nitrogens with zero attached hydrogens (tertiary/aromatic N) is 3. The van der Waals surface area contributed by atoms with E-state index in [1.165, 1.54) is 5.56 Å². The monoisotopic (exact) mass is 265 g/mol. The highest BCUT2D eigenvalue weighted by Crippen LogP contribution is 2.42. The van der Waals surface area contributed by atoms with Crippen LogP contribution in [0.1, 0.15) is 16.5 Å². The van der Waals surface area contributed by atoms with Crippen LogP contribution in [0.2, 0.25) is 0 Å². The molecule has 0 radical (unpaired) electrons. The van der Waals surface area contributed by atoms with Crippen molar-refractivity contribution >= 4 is 17.4 Å². The lowest BCUT2D eigenvalue weighted by Gasteiger charge is -2.25. The fourth-order valence-electron chi connectivity index (χ4n) is 2.09. The minimum absolute atomic E-state index is 0.164. The van der Waals surface area contributed by atoms with Crippen molar-refractivity contribution in [1.29, 1.82) is 5.26 Å². The molecular weight excluding hydrogens is 254 g/mol. The van der Waals surface area contributed by atoms with Crippen LogP contribution in [0.3, 0.4) is 0 Å². The van der Waals surface area contributed by atoms with Crippen LogP contribution in [0.15, 0.2) is 60.4 Å². The van der Waals surface area contributed by atoms with Crippen LogP contribution in [-0.2, 0) is 0 Å². The van der Waals surface area contributed by atoms with Crippen LogP contribution < -0.4 is 4.90 Å². The zero-order valence-corrected chi connectivity index (χ0v) is 10.9. The van der Waals surface area contributed by atoms with Gasteiger partial charge in [0.15, 0.2) is 0 Å². The number of benzene rings is 1. The Kier molecular flexibility index (Phi) is 3.21. The number of hydrogen-bond donors (Lipinski definition) is 0. The average Bonchev–Trinajstić information content (AvgIpc) is 2.97. The van der Waals surface area contributed by atoms with E-state index in [2.05, 4.69) is 21.4 Å². The summed E-state index contributed by atoms with van der Waals surface area (Å²) in [5.74, 6) is 0. The normalized spacial score (nSPS) is 17.4. The second kappa shape index (κ2) is 5.17. The van der Waals surface area contributed by atoms with E-state index in [4.69, 9.17) is 0 Å². The van der Waals surface area contributed by atoms with E-state index >= 15 is 0 Å². The van der Waals surface area contributed by atoms with Crippen molar-refractivity contribution < 1.29 is 0 Å². The fraction of sp³-hybridized carbons (Fsp3) is 0.0667. The Hall–Kier alpha value is -2.25. The van der Waals surface area contributed by atoms with Gasteiger partial charge in [-0.1, -0.05) is 12.1 Å². The van der Waals surface area contributed by atoms with Crippen LogP contribution in [0.5, 0.6) is 0 Å². The van der Waals surface area contributed by atoms with Crippen LogP contribution in [0, 0.1) is 11.3 Å². The Balaban J connectivity index is 2.00. The molecule has 92 valence electrons.